The third-order valence-corrected chi connectivity index (χ3v) is 5.20. The molecule has 0 fully saturated rings. The summed E-state index contributed by atoms with van der Waals surface area (Å²) in [6.45, 7) is 0.194. The van der Waals surface area contributed by atoms with E-state index in [9.17, 15) is 4.79 Å². The highest BCUT2D eigenvalue weighted by atomic mass is 16.7. The maximum absolute atomic E-state index is 12.8. The molecule has 0 atom stereocenters. The van der Waals surface area contributed by atoms with Crippen LogP contribution in [0.3, 0.4) is 0 Å². The van der Waals surface area contributed by atoms with Crippen LogP contribution in [-0.2, 0) is 9.53 Å². The van der Waals surface area contributed by atoms with E-state index in [0.29, 0.717) is 28.6 Å². The lowest BCUT2D eigenvalue weighted by Crippen LogP contribution is -2.08. The van der Waals surface area contributed by atoms with Crippen LogP contribution in [-0.4, -0.2) is 18.7 Å². The molecule has 6 heteroatoms. The van der Waals surface area contributed by atoms with Crippen LogP contribution >= 0.6 is 0 Å². The molecule has 0 radical (unpaired) electrons. The van der Waals surface area contributed by atoms with E-state index in [1.54, 1.807) is 0 Å². The SMILES string of the molecule is O=C1OC(c2ccccc2)=NC1=C1C=C(c2ccc3c(c2)OCO3)Oc2ccccc21. The average Bonchev–Trinajstić information content (AvgIpc) is 3.45. The zero-order valence-electron chi connectivity index (χ0n) is 16.2. The molecule has 0 aliphatic carbocycles. The molecule has 0 amide bonds. The highest BCUT2D eigenvalue weighted by Gasteiger charge is 2.31. The Morgan fingerprint density at radius 1 is 0.742 bits per heavy atom. The number of hydrogen-bond donors (Lipinski definition) is 0. The van der Waals surface area contributed by atoms with Gasteiger partial charge in [0.25, 0.3) is 0 Å². The minimum atomic E-state index is -0.494. The van der Waals surface area contributed by atoms with Crippen molar-refractivity contribution in [2.45, 2.75) is 0 Å². The van der Waals surface area contributed by atoms with Crippen molar-refractivity contribution in [3.05, 3.63) is 101 Å². The van der Waals surface area contributed by atoms with Crippen molar-refractivity contribution in [1.29, 1.82) is 0 Å². The lowest BCUT2D eigenvalue weighted by atomic mass is 9.97. The number of ether oxygens (including phenoxy) is 4. The molecule has 3 aromatic carbocycles. The molecule has 0 saturated heterocycles. The minimum absolute atomic E-state index is 0.194. The van der Waals surface area contributed by atoms with Gasteiger partial charge in [0.15, 0.2) is 17.2 Å². The third kappa shape index (κ3) is 2.97. The fourth-order valence-electron chi connectivity index (χ4n) is 3.70. The van der Waals surface area contributed by atoms with Crippen LogP contribution in [0.15, 0.2) is 89.6 Å². The molecule has 6 rings (SSSR count). The van der Waals surface area contributed by atoms with E-state index in [1.165, 1.54) is 0 Å². The number of para-hydroxylation sites is 1. The third-order valence-electron chi connectivity index (χ3n) is 5.20. The molecule has 0 saturated carbocycles. The molecule has 0 unspecified atom stereocenters. The van der Waals surface area contributed by atoms with Crippen molar-refractivity contribution in [3.8, 4) is 17.2 Å². The Balaban J connectivity index is 1.51. The molecule has 0 N–H and O–H groups in total. The monoisotopic (exact) mass is 409 g/mol. The molecule has 150 valence electrons. The van der Waals surface area contributed by atoms with Crippen LogP contribution in [0.2, 0.25) is 0 Å². The number of cyclic esters (lactones) is 1. The number of benzene rings is 3. The summed E-state index contributed by atoms with van der Waals surface area (Å²) in [6.07, 6.45) is 1.81. The number of hydrogen-bond acceptors (Lipinski definition) is 6. The normalized spacial score (nSPS) is 18.6. The molecule has 31 heavy (non-hydrogen) atoms. The van der Waals surface area contributed by atoms with Gasteiger partial charge >= 0.3 is 5.97 Å². The van der Waals surface area contributed by atoms with Gasteiger partial charge in [-0.05, 0) is 42.5 Å². The first kappa shape index (κ1) is 17.5. The summed E-state index contributed by atoms with van der Waals surface area (Å²) in [5.74, 6) is 2.35. The Morgan fingerprint density at radius 3 is 2.45 bits per heavy atom. The molecular weight excluding hydrogens is 394 g/mol. The number of rotatable bonds is 2. The molecule has 0 aromatic heterocycles. The van der Waals surface area contributed by atoms with E-state index in [2.05, 4.69) is 4.99 Å². The zero-order valence-corrected chi connectivity index (χ0v) is 16.2. The summed E-state index contributed by atoms with van der Waals surface area (Å²) in [7, 11) is 0. The van der Waals surface area contributed by atoms with Crippen LogP contribution in [0, 0.1) is 0 Å². The molecule has 0 spiro atoms. The van der Waals surface area contributed by atoms with E-state index >= 15 is 0 Å². The Morgan fingerprint density at radius 2 is 1.55 bits per heavy atom. The maximum atomic E-state index is 12.8. The van der Waals surface area contributed by atoms with Crippen molar-refractivity contribution in [2.24, 2.45) is 4.99 Å². The van der Waals surface area contributed by atoms with E-state index in [-0.39, 0.29) is 18.4 Å². The molecule has 0 bridgehead atoms. The van der Waals surface area contributed by atoms with Crippen LogP contribution < -0.4 is 14.2 Å². The van der Waals surface area contributed by atoms with Crippen molar-refractivity contribution in [1.82, 2.24) is 0 Å². The number of aliphatic imine (C=N–C) groups is 1. The van der Waals surface area contributed by atoms with E-state index in [0.717, 1.165) is 16.7 Å². The zero-order chi connectivity index (χ0) is 20.8. The predicted octanol–water partition coefficient (Wildman–Crippen LogP) is 4.56. The number of fused-ring (bicyclic) bond motifs is 2. The summed E-state index contributed by atoms with van der Waals surface area (Å²) in [5.41, 5.74) is 3.21. The highest BCUT2D eigenvalue weighted by molar-refractivity contribution is 6.15. The Bertz CT molecular complexity index is 1320. The largest absolute Gasteiger partial charge is 0.456 e. The first-order chi connectivity index (χ1) is 15.3. The second-order valence-corrected chi connectivity index (χ2v) is 7.11. The Kier molecular flexibility index (Phi) is 3.89. The first-order valence-corrected chi connectivity index (χ1v) is 9.76. The molecule has 3 aliphatic rings. The number of allylic oxidation sites excluding steroid dienone is 2. The van der Waals surface area contributed by atoms with Crippen LogP contribution in [0.1, 0.15) is 16.7 Å². The van der Waals surface area contributed by atoms with Crippen molar-refractivity contribution in [3.63, 3.8) is 0 Å². The molecule has 3 heterocycles. The van der Waals surface area contributed by atoms with Gasteiger partial charge in [-0.15, -0.1) is 0 Å². The lowest BCUT2D eigenvalue weighted by Gasteiger charge is -2.20. The van der Waals surface area contributed by atoms with Crippen molar-refractivity contribution >= 4 is 23.2 Å². The lowest BCUT2D eigenvalue weighted by molar-refractivity contribution is -0.129. The summed E-state index contributed by atoms with van der Waals surface area (Å²) < 4.78 is 22.5. The second kappa shape index (κ2) is 6.88. The van der Waals surface area contributed by atoms with Gasteiger partial charge in [0.1, 0.15) is 11.5 Å². The first-order valence-electron chi connectivity index (χ1n) is 9.76. The molecule has 3 aliphatic heterocycles. The van der Waals surface area contributed by atoms with Crippen LogP contribution in [0.4, 0.5) is 0 Å². The number of carbonyl (C=O) groups is 1. The second-order valence-electron chi connectivity index (χ2n) is 7.11. The van der Waals surface area contributed by atoms with Crippen LogP contribution in [0.5, 0.6) is 17.2 Å². The average molecular weight is 409 g/mol. The van der Waals surface area contributed by atoms with Gasteiger partial charge < -0.3 is 18.9 Å². The van der Waals surface area contributed by atoms with E-state index in [4.69, 9.17) is 18.9 Å². The fourth-order valence-corrected chi connectivity index (χ4v) is 3.70. The van der Waals surface area contributed by atoms with Gasteiger partial charge in [0, 0.05) is 22.3 Å². The summed E-state index contributed by atoms with van der Waals surface area (Å²) >= 11 is 0. The summed E-state index contributed by atoms with van der Waals surface area (Å²) in [5, 5.41) is 0. The topological polar surface area (TPSA) is 66.4 Å². The van der Waals surface area contributed by atoms with Gasteiger partial charge in [-0.3, -0.25) is 0 Å². The Hall–Kier alpha value is -4.32. The summed E-state index contributed by atoms with van der Waals surface area (Å²) in [4.78, 5) is 17.3. The quantitative estimate of drug-likeness (QED) is 0.458. The number of nitrogens with zero attached hydrogens (tertiary/aromatic N) is 1. The van der Waals surface area contributed by atoms with E-state index < -0.39 is 5.97 Å². The van der Waals surface area contributed by atoms with E-state index in [1.807, 2.05) is 78.9 Å². The molecule has 6 nitrogen and oxygen atoms in total. The van der Waals surface area contributed by atoms with Gasteiger partial charge in [-0.2, -0.15) is 0 Å². The van der Waals surface area contributed by atoms with Gasteiger partial charge in [-0.1, -0.05) is 36.4 Å². The number of carbonyl (C=O) groups excluding carboxylic acids is 1. The molecule has 3 aromatic rings. The minimum Gasteiger partial charge on any atom is -0.456 e. The Labute approximate surface area is 177 Å². The van der Waals surface area contributed by atoms with Gasteiger partial charge in [0.05, 0.1) is 0 Å². The predicted molar refractivity (Wildman–Crippen MR) is 114 cm³/mol. The number of esters is 1. The van der Waals surface area contributed by atoms with Crippen LogP contribution in [0.25, 0.3) is 11.3 Å². The van der Waals surface area contributed by atoms with Crippen molar-refractivity contribution in [2.75, 3.05) is 6.79 Å². The van der Waals surface area contributed by atoms with Crippen molar-refractivity contribution < 1.29 is 23.7 Å². The molecular formula is C25H15NO5. The smallest absolute Gasteiger partial charge is 0.364 e. The standard InChI is InChI=1S/C25H15NO5/c27-25-23(26-24(31-25)15-6-2-1-3-7-15)18-13-21(30-19-9-5-4-8-17(18)19)16-10-11-20-22(12-16)29-14-28-20/h1-13H,14H2. The highest BCUT2D eigenvalue weighted by Crippen LogP contribution is 2.42. The van der Waals surface area contributed by atoms with Gasteiger partial charge in [0.2, 0.25) is 12.7 Å². The maximum Gasteiger partial charge on any atom is 0.364 e. The summed E-state index contributed by atoms with van der Waals surface area (Å²) in [6, 6.07) is 22.5. The fraction of sp³-hybridized carbons (Fsp3) is 0.0400. The van der Waals surface area contributed by atoms with Gasteiger partial charge in [-0.25, -0.2) is 9.79 Å².